The van der Waals surface area contributed by atoms with Gasteiger partial charge < -0.3 is 20.1 Å². The van der Waals surface area contributed by atoms with Crippen LogP contribution >= 0.6 is 24.0 Å². The van der Waals surface area contributed by atoms with E-state index in [1.54, 1.807) is 0 Å². The third-order valence-corrected chi connectivity index (χ3v) is 4.26. The predicted molar refractivity (Wildman–Crippen MR) is 118 cm³/mol. The highest BCUT2D eigenvalue weighted by Crippen LogP contribution is 2.14. The summed E-state index contributed by atoms with van der Waals surface area (Å²) in [5.74, 6) is 0.892. The molecule has 1 aromatic rings. The molecule has 1 aromatic carbocycles. The van der Waals surface area contributed by atoms with E-state index >= 15 is 0 Å². The van der Waals surface area contributed by atoms with Gasteiger partial charge in [-0.1, -0.05) is 37.6 Å². The molecule has 1 aliphatic heterocycles. The van der Waals surface area contributed by atoms with Crippen LogP contribution in [0.4, 0.5) is 0 Å². The smallest absolute Gasteiger partial charge is 0.191 e. The van der Waals surface area contributed by atoms with E-state index in [-0.39, 0.29) is 24.0 Å². The van der Waals surface area contributed by atoms with Gasteiger partial charge in [0.25, 0.3) is 0 Å². The second-order valence-electron chi connectivity index (χ2n) is 6.41. The fourth-order valence-electron chi connectivity index (χ4n) is 2.69. The Morgan fingerprint density at radius 3 is 2.46 bits per heavy atom. The van der Waals surface area contributed by atoms with E-state index in [2.05, 4.69) is 53.7 Å². The molecule has 0 aromatic heterocycles. The van der Waals surface area contributed by atoms with Crippen LogP contribution in [0.15, 0.2) is 29.3 Å². The summed E-state index contributed by atoms with van der Waals surface area (Å²) in [7, 11) is 0. The maximum Gasteiger partial charge on any atom is 0.191 e. The van der Waals surface area contributed by atoms with Crippen molar-refractivity contribution in [2.45, 2.75) is 58.8 Å². The van der Waals surface area contributed by atoms with Crippen LogP contribution in [0.2, 0.25) is 0 Å². The summed E-state index contributed by atoms with van der Waals surface area (Å²) in [5.41, 5.74) is 2.43. The predicted octanol–water partition coefficient (Wildman–Crippen LogP) is 3.86. The van der Waals surface area contributed by atoms with Crippen LogP contribution < -0.4 is 10.6 Å². The summed E-state index contributed by atoms with van der Waals surface area (Å²) in [5, 5.41) is 6.66. The molecule has 6 heteroatoms. The maximum absolute atomic E-state index is 5.97. The van der Waals surface area contributed by atoms with E-state index in [4.69, 9.17) is 9.47 Å². The Kier molecular flexibility index (Phi) is 12.7. The normalized spacial score (nSPS) is 15.4. The number of aliphatic imine (C=N–C) groups is 1. The second kappa shape index (κ2) is 14.2. The Balaban J connectivity index is 0.00000338. The molecule has 26 heavy (non-hydrogen) atoms. The number of nitrogens with zero attached hydrogens (tertiary/aromatic N) is 1. The van der Waals surface area contributed by atoms with Crippen LogP contribution in [-0.4, -0.2) is 38.4 Å². The van der Waals surface area contributed by atoms with Crippen LogP contribution in [0.25, 0.3) is 0 Å². The number of hydrogen-bond donors (Lipinski definition) is 2. The lowest BCUT2D eigenvalue weighted by Crippen LogP contribution is -2.37. The molecule has 0 amide bonds. The quantitative estimate of drug-likeness (QED) is 0.247. The van der Waals surface area contributed by atoms with Gasteiger partial charge in [-0.25, -0.2) is 4.99 Å². The van der Waals surface area contributed by atoms with Crippen molar-refractivity contribution in [2.24, 2.45) is 4.99 Å². The largest absolute Gasteiger partial charge is 0.381 e. The van der Waals surface area contributed by atoms with Crippen molar-refractivity contribution >= 4 is 29.9 Å². The number of ether oxygens (including phenoxy) is 2. The number of unbranched alkanes of at least 4 members (excludes halogenated alkanes) is 1. The van der Waals surface area contributed by atoms with Gasteiger partial charge in [0, 0.05) is 26.3 Å². The number of benzene rings is 1. The summed E-state index contributed by atoms with van der Waals surface area (Å²) < 4.78 is 11.3. The monoisotopic (exact) mass is 475 g/mol. The van der Waals surface area contributed by atoms with Crippen molar-refractivity contribution in [1.29, 1.82) is 0 Å². The van der Waals surface area contributed by atoms with Crippen LogP contribution in [0, 0.1) is 0 Å². The minimum Gasteiger partial charge on any atom is -0.381 e. The Bertz CT molecular complexity index is 502. The fourth-order valence-corrected chi connectivity index (χ4v) is 2.69. The van der Waals surface area contributed by atoms with Gasteiger partial charge in [-0.05, 0) is 37.3 Å². The van der Waals surface area contributed by atoms with E-state index in [9.17, 15) is 0 Å². The third kappa shape index (κ3) is 9.19. The first-order chi connectivity index (χ1) is 12.3. The highest BCUT2D eigenvalue weighted by molar-refractivity contribution is 14.0. The molecule has 1 heterocycles. The lowest BCUT2D eigenvalue weighted by molar-refractivity contribution is -0.0390. The zero-order valence-corrected chi connectivity index (χ0v) is 18.5. The molecule has 2 rings (SSSR count). The molecule has 0 spiro atoms. The Morgan fingerprint density at radius 1 is 1.12 bits per heavy atom. The van der Waals surface area contributed by atoms with E-state index in [1.165, 1.54) is 17.5 Å². The first-order valence-electron chi connectivity index (χ1n) is 9.61. The maximum atomic E-state index is 5.97. The SMILES string of the molecule is CCCCNC(=NCc1ccc(COC2CCOCC2)cc1)NCC.I. The Labute approximate surface area is 175 Å². The molecule has 5 nitrogen and oxygen atoms in total. The minimum absolute atomic E-state index is 0. The number of halogens is 1. The Morgan fingerprint density at radius 2 is 1.81 bits per heavy atom. The van der Waals surface area contributed by atoms with E-state index in [0.29, 0.717) is 19.3 Å². The minimum atomic E-state index is 0. The molecule has 0 unspecified atom stereocenters. The third-order valence-electron chi connectivity index (χ3n) is 4.26. The molecule has 0 radical (unpaired) electrons. The first-order valence-corrected chi connectivity index (χ1v) is 9.61. The second-order valence-corrected chi connectivity index (χ2v) is 6.41. The van der Waals surface area contributed by atoms with Crippen LogP contribution in [0.3, 0.4) is 0 Å². The molecule has 1 saturated heterocycles. The van der Waals surface area contributed by atoms with Crippen molar-refractivity contribution < 1.29 is 9.47 Å². The van der Waals surface area contributed by atoms with E-state index < -0.39 is 0 Å². The molecule has 1 aliphatic rings. The molecular weight excluding hydrogens is 441 g/mol. The summed E-state index contributed by atoms with van der Waals surface area (Å²) in [4.78, 5) is 4.65. The average molecular weight is 475 g/mol. The van der Waals surface area contributed by atoms with Crippen LogP contribution in [0.1, 0.15) is 50.7 Å². The Hall–Kier alpha value is -0.860. The number of guanidine groups is 1. The average Bonchev–Trinajstić information content (AvgIpc) is 2.66. The topological polar surface area (TPSA) is 54.9 Å². The van der Waals surface area contributed by atoms with Crippen molar-refractivity contribution in [1.82, 2.24) is 10.6 Å². The van der Waals surface area contributed by atoms with Gasteiger partial charge in [-0.2, -0.15) is 0 Å². The number of hydrogen-bond acceptors (Lipinski definition) is 3. The molecule has 0 atom stereocenters. The molecule has 0 saturated carbocycles. The zero-order valence-electron chi connectivity index (χ0n) is 16.1. The zero-order chi connectivity index (χ0) is 17.7. The molecule has 1 fully saturated rings. The van der Waals surface area contributed by atoms with Gasteiger partial charge in [0.15, 0.2) is 5.96 Å². The standard InChI is InChI=1S/C20H33N3O2.HI/c1-3-5-12-22-20(21-4-2)23-15-17-6-8-18(9-7-17)16-25-19-10-13-24-14-11-19;/h6-9,19H,3-5,10-16H2,1-2H3,(H2,21,22,23);1H. The van der Waals surface area contributed by atoms with Crippen LogP contribution in [0.5, 0.6) is 0 Å². The van der Waals surface area contributed by atoms with Gasteiger partial charge in [-0.3, -0.25) is 0 Å². The summed E-state index contributed by atoms with van der Waals surface area (Å²) in [6, 6.07) is 8.56. The van der Waals surface area contributed by atoms with Crippen molar-refractivity contribution in [3.63, 3.8) is 0 Å². The molecule has 148 valence electrons. The molecule has 0 aliphatic carbocycles. The summed E-state index contributed by atoms with van der Waals surface area (Å²) in [6.07, 6.45) is 4.70. The van der Waals surface area contributed by atoms with Crippen LogP contribution in [-0.2, 0) is 22.6 Å². The molecule has 2 N–H and O–H groups in total. The lowest BCUT2D eigenvalue weighted by Gasteiger charge is -2.22. The first kappa shape index (κ1) is 23.2. The van der Waals surface area contributed by atoms with Crippen molar-refractivity contribution in [2.75, 3.05) is 26.3 Å². The summed E-state index contributed by atoms with van der Waals surface area (Å²) in [6.45, 7) is 9.12. The number of nitrogens with one attached hydrogen (secondary N) is 2. The highest BCUT2D eigenvalue weighted by Gasteiger charge is 2.13. The molecule has 0 bridgehead atoms. The summed E-state index contributed by atoms with van der Waals surface area (Å²) >= 11 is 0. The van der Waals surface area contributed by atoms with Gasteiger partial charge in [0.2, 0.25) is 0 Å². The van der Waals surface area contributed by atoms with Gasteiger partial charge in [-0.15, -0.1) is 24.0 Å². The lowest BCUT2D eigenvalue weighted by atomic mass is 10.1. The van der Waals surface area contributed by atoms with Crippen molar-refractivity contribution in [3.8, 4) is 0 Å². The van der Waals surface area contributed by atoms with Crippen molar-refractivity contribution in [3.05, 3.63) is 35.4 Å². The van der Waals surface area contributed by atoms with E-state index in [0.717, 1.165) is 51.5 Å². The van der Waals surface area contributed by atoms with E-state index in [1.807, 2.05) is 0 Å². The van der Waals surface area contributed by atoms with Gasteiger partial charge >= 0.3 is 0 Å². The molecular formula is C20H34IN3O2. The van der Waals surface area contributed by atoms with Gasteiger partial charge in [0.05, 0.1) is 19.3 Å². The number of rotatable bonds is 9. The fraction of sp³-hybridized carbons (Fsp3) is 0.650. The van der Waals surface area contributed by atoms with Gasteiger partial charge in [0.1, 0.15) is 0 Å². The highest BCUT2D eigenvalue weighted by atomic mass is 127.